The maximum atomic E-state index is 6.31. The molecule has 20 heavy (non-hydrogen) atoms. The first-order valence-electron chi connectivity index (χ1n) is 6.45. The van der Waals surface area contributed by atoms with Crippen LogP contribution in [-0.2, 0) is 0 Å². The molecule has 2 aromatic rings. The van der Waals surface area contributed by atoms with Gasteiger partial charge in [-0.2, -0.15) is 0 Å². The van der Waals surface area contributed by atoms with Crippen LogP contribution in [0.3, 0.4) is 0 Å². The first-order valence-corrected chi connectivity index (χ1v) is 8.09. The molecular formula is C15H18Cl2N2S. The summed E-state index contributed by atoms with van der Waals surface area (Å²) in [5, 5.41) is 3.41. The number of halogens is 2. The van der Waals surface area contributed by atoms with Crippen molar-refractivity contribution in [3.63, 3.8) is 0 Å². The average Bonchev–Trinajstić information content (AvgIpc) is 2.95. The molecule has 0 saturated carbocycles. The van der Waals surface area contributed by atoms with Gasteiger partial charge < -0.3 is 5.73 Å². The summed E-state index contributed by atoms with van der Waals surface area (Å²) >= 11 is 14.4. The molecule has 0 aliphatic carbocycles. The van der Waals surface area contributed by atoms with Crippen molar-refractivity contribution < 1.29 is 0 Å². The molecule has 2 nitrogen and oxygen atoms in total. The summed E-state index contributed by atoms with van der Waals surface area (Å²) < 4.78 is 0. The molecule has 108 valence electrons. The zero-order valence-electron chi connectivity index (χ0n) is 11.5. The van der Waals surface area contributed by atoms with Gasteiger partial charge in [-0.25, -0.2) is 0 Å². The maximum absolute atomic E-state index is 6.31. The van der Waals surface area contributed by atoms with Gasteiger partial charge in [0.15, 0.2) is 0 Å². The summed E-state index contributed by atoms with van der Waals surface area (Å²) in [7, 11) is 2.06. The summed E-state index contributed by atoms with van der Waals surface area (Å²) in [4.78, 5) is 3.52. The van der Waals surface area contributed by atoms with Crippen molar-refractivity contribution in [2.24, 2.45) is 5.73 Å². The number of thiophene rings is 1. The molecule has 0 aliphatic heterocycles. The Labute approximate surface area is 134 Å². The van der Waals surface area contributed by atoms with Crippen molar-refractivity contribution in [2.45, 2.75) is 19.0 Å². The normalized spacial score (nSPS) is 14.5. The van der Waals surface area contributed by atoms with E-state index in [4.69, 9.17) is 28.9 Å². The predicted molar refractivity (Wildman–Crippen MR) is 88.8 cm³/mol. The number of nitrogens with two attached hydrogens (primary N) is 1. The molecule has 5 heteroatoms. The van der Waals surface area contributed by atoms with E-state index in [9.17, 15) is 0 Å². The maximum Gasteiger partial charge on any atom is 0.0503 e. The van der Waals surface area contributed by atoms with Crippen LogP contribution in [0, 0.1) is 0 Å². The van der Waals surface area contributed by atoms with Crippen LogP contribution in [0.25, 0.3) is 0 Å². The highest BCUT2D eigenvalue weighted by molar-refractivity contribution is 7.10. The van der Waals surface area contributed by atoms with Gasteiger partial charge in [0.05, 0.1) is 6.04 Å². The second kappa shape index (κ2) is 6.92. The third-order valence-electron chi connectivity index (χ3n) is 3.61. The van der Waals surface area contributed by atoms with Gasteiger partial charge in [-0.1, -0.05) is 35.3 Å². The molecular weight excluding hydrogens is 311 g/mol. The Bertz CT molecular complexity index is 537. The van der Waals surface area contributed by atoms with Crippen molar-refractivity contribution >= 4 is 34.5 Å². The van der Waals surface area contributed by atoms with Gasteiger partial charge in [-0.15, -0.1) is 11.3 Å². The van der Waals surface area contributed by atoms with Crippen molar-refractivity contribution in [1.29, 1.82) is 0 Å². The Hall–Kier alpha value is -0.580. The summed E-state index contributed by atoms with van der Waals surface area (Å²) in [6.07, 6.45) is 0. The fourth-order valence-corrected chi connectivity index (χ4v) is 3.80. The van der Waals surface area contributed by atoms with Crippen molar-refractivity contribution in [3.05, 3.63) is 56.2 Å². The van der Waals surface area contributed by atoms with Crippen LogP contribution in [0.4, 0.5) is 0 Å². The van der Waals surface area contributed by atoms with Crippen molar-refractivity contribution in [2.75, 3.05) is 13.6 Å². The molecule has 0 fully saturated rings. The first-order chi connectivity index (χ1) is 9.56. The highest BCUT2D eigenvalue weighted by atomic mass is 35.5. The monoisotopic (exact) mass is 328 g/mol. The lowest BCUT2D eigenvalue weighted by atomic mass is 10.0. The highest BCUT2D eigenvalue weighted by Crippen LogP contribution is 2.36. The van der Waals surface area contributed by atoms with Crippen molar-refractivity contribution in [3.8, 4) is 0 Å². The van der Waals surface area contributed by atoms with Gasteiger partial charge in [-0.05, 0) is 37.6 Å². The van der Waals surface area contributed by atoms with E-state index in [2.05, 4.69) is 36.4 Å². The summed E-state index contributed by atoms with van der Waals surface area (Å²) in [6.45, 7) is 2.63. The summed E-state index contributed by atoms with van der Waals surface area (Å²) in [5.41, 5.74) is 6.89. The largest absolute Gasteiger partial charge is 0.329 e. The minimum Gasteiger partial charge on any atom is -0.329 e. The average molecular weight is 329 g/mol. The van der Waals surface area contributed by atoms with Crippen LogP contribution in [0.15, 0.2) is 35.7 Å². The smallest absolute Gasteiger partial charge is 0.0503 e. The third kappa shape index (κ3) is 3.18. The van der Waals surface area contributed by atoms with E-state index in [1.165, 1.54) is 4.88 Å². The zero-order chi connectivity index (χ0) is 14.7. The second-order valence-corrected chi connectivity index (χ2v) is 6.54. The summed E-state index contributed by atoms with van der Waals surface area (Å²) in [6, 6.07) is 10.0. The number of rotatable bonds is 5. The highest BCUT2D eigenvalue weighted by Gasteiger charge is 2.25. The Balaban J connectivity index is 2.32. The molecule has 1 aromatic carbocycles. The lowest BCUT2D eigenvalue weighted by Gasteiger charge is -2.33. The van der Waals surface area contributed by atoms with Gasteiger partial charge in [0.25, 0.3) is 0 Å². The van der Waals surface area contributed by atoms with Crippen LogP contribution in [-0.4, -0.2) is 18.5 Å². The Morgan fingerprint density at radius 1 is 1.20 bits per heavy atom. The first kappa shape index (κ1) is 15.8. The standard InChI is InChI=1S/C15H18Cl2N2S/c1-10(14-7-4-8-20-14)19(2)13(9-18)15-11(16)5-3-6-12(15)17/h3-8,10,13H,9,18H2,1-2H3. The molecule has 0 bridgehead atoms. The van der Waals surface area contributed by atoms with Gasteiger partial charge in [-0.3, -0.25) is 4.90 Å². The van der Waals surface area contributed by atoms with E-state index in [0.29, 0.717) is 16.6 Å². The molecule has 0 aliphatic rings. The predicted octanol–water partition coefficient (Wildman–Crippen LogP) is 4.75. The van der Waals surface area contributed by atoms with Crippen LogP contribution >= 0.6 is 34.5 Å². The lowest BCUT2D eigenvalue weighted by Crippen LogP contribution is -2.32. The number of benzene rings is 1. The fraction of sp³-hybridized carbons (Fsp3) is 0.333. The molecule has 0 radical (unpaired) electrons. The zero-order valence-corrected chi connectivity index (χ0v) is 13.8. The molecule has 2 unspecified atom stereocenters. The van der Waals surface area contributed by atoms with Crippen molar-refractivity contribution in [1.82, 2.24) is 4.90 Å². The van der Waals surface area contributed by atoms with Crippen LogP contribution in [0.1, 0.15) is 29.4 Å². The molecule has 1 heterocycles. The van der Waals surface area contributed by atoms with E-state index in [1.807, 2.05) is 18.2 Å². The molecule has 0 spiro atoms. The van der Waals surface area contributed by atoms with E-state index in [1.54, 1.807) is 11.3 Å². The summed E-state index contributed by atoms with van der Waals surface area (Å²) in [5.74, 6) is 0. The van der Waals surface area contributed by atoms with Gasteiger partial charge in [0.2, 0.25) is 0 Å². The van der Waals surface area contributed by atoms with Crippen LogP contribution in [0.2, 0.25) is 10.0 Å². The van der Waals surface area contributed by atoms with Gasteiger partial charge >= 0.3 is 0 Å². The molecule has 0 saturated heterocycles. The Kier molecular flexibility index (Phi) is 5.47. The lowest BCUT2D eigenvalue weighted by molar-refractivity contribution is 0.193. The minimum absolute atomic E-state index is 0.00620. The van der Waals surface area contributed by atoms with Crippen LogP contribution < -0.4 is 5.73 Å². The molecule has 0 amide bonds. The van der Waals surface area contributed by atoms with Gasteiger partial charge in [0, 0.05) is 33.1 Å². The SMILES string of the molecule is CC(c1cccs1)N(C)C(CN)c1c(Cl)cccc1Cl. The number of hydrogen-bond acceptors (Lipinski definition) is 3. The molecule has 2 rings (SSSR count). The number of likely N-dealkylation sites (N-methyl/N-ethyl adjacent to an activating group) is 1. The quantitative estimate of drug-likeness (QED) is 0.858. The number of nitrogens with zero attached hydrogens (tertiary/aromatic N) is 1. The Morgan fingerprint density at radius 3 is 2.35 bits per heavy atom. The van der Waals surface area contributed by atoms with Gasteiger partial charge in [0.1, 0.15) is 0 Å². The van der Waals surface area contributed by atoms with E-state index in [-0.39, 0.29) is 12.1 Å². The molecule has 1 aromatic heterocycles. The van der Waals surface area contributed by atoms with E-state index < -0.39 is 0 Å². The second-order valence-electron chi connectivity index (χ2n) is 4.74. The number of hydrogen-bond donors (Lipinski definition) is 1. The molecule has 2 atom stereocenters. The third-order valence-corrected chi connectivity index (χ3v) is 5.32. The minimum atomic E-state index is -0.00620. The van der Waals surface area contributed by atoms with E-state index in [0.717, 1.165) is 5.56 Å². The molecule has 2 N–H and O–H groups in total. The van der Waals surface area contributed by atoms with Crippen LogP contribution in [0.5, 0.6) is 0 Å². The topological polar surface area (TPSA) is 29.3 Å². The van der Waals surface area contributed by atoms with E-state index >= 15 is 0 Å². The fourth-order valence-electron chi connectivity index (χ4n) is 2.32. The Morgan fingerprint density at radius 2 is 1.85 bits per heavy atom.